The second-order valence-corrected chi connectivity index (χ2v) is 4.62. The Labute approximate surface area is 120 Å². The Balaban J connectivity index is 2.29. The quantitative estimate of drug-likeness (QED) is 0.507. The number of carbonyl (C=O) groups excluding carboxylic acids is 2. The number of hydrogen-bond donors (Lipinski definition) is 1. The van der Waals surface area contributed by atoms with Gasteiger partial charge in [-0.3, -0.25) is 19.7 Å². The summed E-state index contributed by atoms with van der Waals surface area (Å²) < 4.78 is 10.4. The van der Waals surface area contributed by atoms with Crippen LogP contribution in [0, 0.1) is 10.1 Å². The summed E-state index contributed by atoms with van der Waals surface area (Å²) >= 11 is 0. The molecular weight excluding hydrogens is 280 g/mol. The molecule has 2 atom stereocenters. The number of carbonyl (C=O) groups is 2. The van der Waals surface area contributed by atoms with E-state index in [1.807, 2.05) is 0 Å². The first-order valence-corrected chi connectivity index (χ1v) is 6.28. The molecule has 1 aromatic rings. The van der Waals surface area contributed by atoms with E-state index < -0.39 is 28.9 Å². The minimum Gasteiger partial charge on any atom is -0.484 e. The molecule has 0 saturated carbocycles. The molecule has 21 heavy (non-hydrogen) atoms. The highest BCUT2D eigenvalue weighted by Crippen LogP contribution is 2.32. The molecule has 0 spiro atoms. The molecule has 2 rings (SSSR count). The van der Waals surface area contributed by atoms with E-state index in [2.05, 4.69) is 5.32 Å². The molecule has 1 amide bonds. The van der Waals surface area contributed by atoms with Gasteiger partial charge in [0.15, 0.2) is 0 Å². The van der Waals surface area contributed by atoms with Gasteiger partial charge in [0, 0.05) is 13.0 Å². The molecule has 0 unspecified atom stereocenters. The van der Waals surface area contributed by atoms with E-state index in [1.165, 1.54) is 25.1 Å². The third kappa shape index (κ3) is 3.10. The third-order valence-corrected chi connectivity index (χ3v) is 3.08. The molecule has 1 aliphatic heterocycles. The van der Waals surface area contributed by atoms with Crippen LogP contribution in [0.15, 0.2) is 18.2 Å². The van der Waals surface area contributed by atoms with Crippen molar-refractivity contribution < 1.29 is 24.0 Å². The van der Waals surface area contributed by atoms with Crippen LogP contribution in [0.5, 0.6) is 5.75 Å². The van der Waals surface area contributed by atoms with Gasteiger partial charge in [0.25, 0.3) is 5.91 Å². The monoisotopic (exact) mass is 294 g/mol. The summed E-state index contributed by atoms with van der Waals surface area (Å²) in [5, 5.41) is 13.6. The van der Waals surface area contributed by atoms with E-state index in [1.54, 1.807) is 6.92 Å². The maximum atomic E-state index is 12.1. The largest absolute Gasteiger partial charge is 0.484 e. The maximum Gasteiger partial charge on any atom is 0.311 e. The number of rotatable bonds is 3. The SMILES string of the molecule is CC(=O)O[C@@H](C)[C@@H]1COc2c(cccc2[N+](=O)[O-])C(=O)N1. The van der Waals surface area contributed by atoms with Gasteiger partial charge in [-0.2, -0.15) is 0 Å². The summed E-state index contributed by atoms with van der Waals surface area (Å²) in [7, 11) is 0. The highest BCUT2D eigenvalue weighted by atomic mass is 16.6. The minimum absolute atomic E-state index is 0.0297. The van der Waals surface area contributed by atoms with E-state index in [9.17, 15) is 19.7 Å². The summed E-state index contributed by atoms with van der Waals surface area (Å²) in [4.78, 5) is 33.5. The average Bonchev–Trinajstić information content (AvgIpc) is 2.57. The Hall–Kier alpha value is -2.64. The molecule has 0 saturated heterocycles. The van der Waals surface area contributed by atoms with Crippen LogP contribution in [0.2, 0.25) is 0 Å². The number of nitrogens with zero attached hydrogens (tertiary/aromatic N) is 1. The zero-order valence-electron chi connectivity index (χ0n) is 11.5. The van der Waals surface area contributed by atoms with Crippen molar-refractivity contribution in [1.82, 2.24) is 5.32 Å². The lowest BCUT2D eigenvalue weighted by Gasteiger charge is -2.22. The van der Waals surface area contributed by atoms with Crippen molar-refractivity contribution in [2.24, 2.45) is 0 Å². The number of nitrogens with one attached hydrogen (secondary N) is 1. The number of para-hydroxylation sites is 1. The van der Waals surface area contributed by atoms with Gasteiger partial charge >= 0.3 is 11.7 Å². The number of hydrogen-bond acceptors (Lipinski definition) is 6. The minimum atomic E-state index is -0.611. The van der Waals surface area contributed by atoms with Crippen LogP contribution in [0.4, 0.5) is 5.69 Å². The smallest absolute Gasteiger partial charge is 0.311 e. The van der Waals surface area contributed by atoms with E-state index in [0.717, 1.165) is 0 Å². The molecule has 0 fully saturated rings. The molecule has 1 aromatic carbocycles. The van der Waals surface area contributed by atoms with Gasteiger partial charge < -0.3 is 14.8 Å². The lowest BCUT2D eigenvalue weighted by Crippen LogP contribution is -2.45. The predicted molar refractivity (Wildman–Crippen MR) is 71.1 cm³/mol. The molecule has 8 nitrogen and oxygen atoms in total. The zero-order valence-corrected chi connectivity index (χ0v) is 11.5. The van der Waals surface area contributed by atoms with Crippen LogP contribution >= 0.6 is 0 Å². The Bertz CT molecular complexity index is 600. The van der Waals surface area contributed by atoms with E-state index in [4.69, 9.17) is 9.47 Å². The number of fused-ring (bicyclic) bond motifs is 1. The Morgan fingerprint density at radius 3 is 2.90 bits per heavy atom. The number of amides is 1. The van der Waals surface area contributed by atoms with Gasteiger partial charge in [0.05, 0.1) is 16.5 Å². The number of benzene rings is 1. The van der Waals surface area contributed by atoms with Gasteiger partial charge in [-0.05, 0) is 13.0 Å². The first-order valence-electron chi connectivity index (χ1n) is 6.28. The molecule has 1 heterocycles. The van der Waals surface area contributed by atoms with Gasteiger partial charge in [0.1, 0.15) is 12.7 Å². The summed E-state index contributed by atoms with van der Waals surface area (Å²) in [6.45, 7) is 2.84. The van der Waals surface area contributed by atoms with Crippen LogP contribution < -0.4 is 10.1 Å². The fourth-order valence-corrected chi connectivity index (χ4v) is 2.06. The molecule has 0 bridgehead atoms. The molecule has 0 aliphatic carbocycles. The lowest BCUT2D eigenvalue weighted by molar-refractivity contribution is -0.385. The maximum absolute atomic E-state index is 12.1. The van der Waals surface area contributed by atoms with Crippen LogP contribution in [0.25, 0.3) is 0 Å². The first-order chi connectivity index (χ1) is 9.90. The molecule has 0 aromatic heterocycles. The second kappa shape index (κ2) is 5.78. The topological polar surface area (TPSA) is 108 Å². The molecular formula is C13H14N2O6. The van der Waals surface area contributed by atoms with E-state index in [-0.39, 0.29) is 23.6 Å². The summed E-state index contributed by atoms with van der Waals surface area (Å²) in [6, 6.07) is 3.53. The van der Waals surface area contributed by atoms with Crippen LogP contribution in [-0.2, 0) is 9.53 Å². The van der Waals surface area contributed by atoms with Crippen molar-refractivity contribution in [3.05, 3.63) is 33.9 Å². The lowest BCUT2D eigenvalue weighted by atomic mass is 10.1. The Kier molecular flexibility index (Phi) is 4.06. The summed E-state index contributed by atoms with van der Waals surface area (Å²) in [6.07, 6.45) is -0.611. The predicted octanol–water partition coefficient (Wildman–Crippen LogP) is 1.04. The van der Waals surface area contributed by atoms with Crippen molar-refractivity contribution in [3.8, 4) is 5.75 Å². The van der Waals surface area contributed by atoms with Gasteiger partial charge in [-0.1, -0.05) is 6.07 Å². The fourth-order valence-electron chi connectivity index (χ4n) is 2.06. The Morgan fingerprint density at radius 1 is 1.57 bits per heavy atom. The zero-order chi connectivity index (χ0) is 15.6. The number of esters is 1. The van der Waals surface area contributed by atoms with Crippen molar-refractivity contribution in [3.63, 3.8) is 0 Å². The molecule has 0 radical (unpaired) electrons. The second-order valence-electron chi connectivity index (χ2n) is 4.62. The van der Waals surface area contributed by atoms with Crippen molar-refractivity contribution in [2.45, 2.75) is 26.0 Å². The first kappa shape index (κ1) is 14.8. The normalized spacial score (nSPS) is 18.6. The average molecular weight is 294 g/mol. The highest BCUT2D eigenvalue weighted by molar-refractivity contribution is 5.98. The van der Waals surface area contributed by atoms with Crippen molar-refractivity contribution >= 4 is 17.6 Å². The van der Waals surface area contributed by atoms with Crippen molar-refractivity contribution in [2.75, 3.05) is 6.61 Å². The van der Waals surface area contributed by atoms with Gasteiger partial charge in [0.2, 0.25) is 5.75 Å². The van der Waals surface area contributed by atoms with E-state index in [0.29, 0.717) is 0 Å². The highest BCUT2D eigenvalue weighted by Gasteiger charge is 2.32. The van der Waals surface area contributed by atoms with Crippen LogP contribution in [-0.4, -0.2) is 35.6 Å². The standard InChI is InChI=1S/C13H14N2O6/c1-7(21-8(2)16)10-6-20-12-9(13(17)14-10)4-3-5-11(12)15(18)19/h3-5,7,10H,6H2,1-2H3,(H,14,17)/t7-,10-/m0/s1. The number of ether oxygens (including phenoxy) is 2. The molecule has 1 aliphatic rings. The Morgan fingerprint density at radius 2 is 2.29 bits per heavy atom. The molecule has 1 N–H and O–H groups in total. The van der Waals surface area contributed by atoms with Crippen LogP contribution in [0.1, 0.15) is 24.2 Å². The van der Waals surface area contributed by atoms with Gasteiger partial charge in [-0.25, -0.2) is 0 Å². The number of nitro benzene ring substituents is 1. The summed E-state index contributed by atoms with van der Waals surface area (Å²) in [5.74, 6) is -1.06. The van der Waals surface area contributed by atoms with Gasteiger partial charge in [-0.15, -0.1) is 0 Å². The van der Waals surface area contributed by atoms with Crippen LogP contribution in [0.3, 0.4) is 0 Å². The van der Waals surface area contributed by atoms with Crippen molar-refractivity contribution in [1.29, 1.82) is 0 Å². The fraction of sp³-hybridized carbons (Fsp3) is 0.385. The molecule has 112 valence electrons. The third-order valence-electron chi connectivity index (χ3n) is 3.08. The summed E-state index contributed by atoms with van der Waals surface area (Å²) in [5.41, 5.74) is -0.190. The molecule has 8 heteroatoms. The number of nitro groups is 1. The van der Waals surface area contributed by atoms with E-state index >= 15 is 0 Å².